The first-order valence-electron chi connectivity index (χ1n) is 9.41. The van der Waals surface area contributed by atoms with Gasteiger partial charge in [0, 0.05) is 29.5 Å². The van der Waals surface area contributed by atoms with Gasteiger partial charge in [0.05, 0.1) is 17.6 Å². The fourth-order valence-electron chi connectivity index (χ4n) is 4.14. The smallest absolute Gasteiger partial charge is 0.253 e. The lowest BCUT2D eigenvalue weighted by atomic mass is 9.99. The van der Waals surface area contributed by atoms with Crippen LogP contribution in [0.25, 0.3) is 5.13 Å². The molecule has 1 saturated heterocycles. The van der Waals surface area contributed by atoms with Gasteiger partial charge in [0.15, 0.2) is 16.8 Å². The summed E-state index contributed by atoms with van der Waals surface area (Å²) in [4.78, 5) is 19.5. The van der Waals surface area contributed by atoms with Crippen LogP contribution in [0.2, 0.25) is 0 Å². The van der Waals surface area contributed by atoms with Gasteiger partial charge in [-0.1, -0.05) is 6.07 Å². The number of benzene rings is 1. The van der Waals surface area contributed by atoms with Crippen LogP contribution in [0, 0.1) is 25.5 Å². The second-order valence-corrected chi connectivity index (χ2v) is 8.28. The first-order valence-corrected chi connectivity index (χ1v) is 10.3. The van der Waals surface area contributed by atoms with E-state index in [0.29, 0.717) is 11.1 Å². The predicted octanol–water partition coefficient (Wildman–Crippen LogP) is 4.00. The summed E-state index contributed by atoms with van der Waals surface area (Å²) >= 11 is 1.51. The van der Waals surface area contributed by atoms with Crippen molar-refractivity contribution in [2.75, 3.05) is 13.6 Å². The van der Waals surface area contributed by atoms with Gasteiger partial charge in [-0.3, -0.25) is 14.3 Å². The number of aromatic nitrogens is 2. The van der Waals surface area contributed by atoms with Gasteiger partial charge >= 0.3 is 0 Å². The predicted molar refractivity (Wildman–Crippen MR) is 109 cm³/mol. The van der Waals surface area contributed by atoms with E-state index in [4.69, 9.17) is 0 Å². The van der Waals surface area contributed by atoms with Gasteiger partial charge in [-0.05, 0) is 51.1 Å². The summed E-state index contributed by atoms with van der Waals surface area (Å²) in [6, 6.07) is 5.39. The van der Waals surface area contributed by atoms with Crippen molar-refractivity contribution in [2.24, 2.45) is 0 Å². The highest BCUT2D eigenvalue weighted by molar-refractivity contribution is 7.12. The van der Waals surface area contributed by atoms with Crippen molar-refractivity contribution < 1.29 is 13.6 Å². The van der Waals surface area contributed by atoms with E-state index in [1.165, 1.54) is 17.4 Å². The highest BCUT2D eigenvalue weighted by Crippen LogP contribution is 2.32. The fraction of sp³-hybridized carbons (Fsp3) is 0.333. The first kappa shape index (κ1) is 19.7. The highest BCUT2D eigenvalue weighted by atomic mass is 32.1. The molecule has 1 N–H and O–H groups in total. The van der Waals surface area contributed by atoms with E-state index in [1.54, 1.807) is 12.3 Å². The van der Waals surface area contributed by atoms with Crippen LogP contribution in [0.5, 0.6) is 0 Å². The summed E-state index contributed by atoms with van der Waals surface area (Å²) in [5.74, 6) is -1.92. The van der Waals surface area contributed by atoms with Crippen LogP contribution in [-0.4, -0.2) is 40.0 Å². The van der Waals surface area contributed by atoms with Crippen molar-refractivity contribution in [1.82, 2.24) is 19.8 Å². The summed E-state index contributed by atoms with van der Waals surface area (Å²) in [5, 5.41) is 5.82. The molecule has 8 heteroatoms. The number of aryl methyl sites for hydroxylation is 1. The molecule has 1 aromatic carbocycles. The summed E-state index contributed by atoms with van der Waals surface area (Å²) in [5.41, 5.74) is 3.01. The first-order chi connectivity index (χ1) is 13.9. The van der Waals surface area contributed by atoms with Crippen LogP contribution in [0.15, 0.2) is 35.8 Å². The molecule has 2 atom stereocenters. The third-order valence-corrected chi connectivity index (χ3v) is 6.29. The molecule has 5 nitrogen and oxygen atoms in total. The minimum atomic E-state index is -0.875. The van der Waals surface area contributed by atoms with E-state index in [2.05, 4.69) is 15.2 Å². The zero-order chi connectivity index (χ0) is 20.7. The normalized spacial score (nSPS) is 19.6. The number of carbonyl (C=O) groups is 1. The van der Waals surface area contributed by atoms with Gasteiger partial charge < -0.3 is 5.32 Å². The Morgan fingerprint density at radius 2 is 2.03 bits per heavy atom. The molecule has 2 aromatic heterocycles. The molecule has 0 aliphatic carbocycles. The van der Waals surface area contributed by atoms with E-state index in [-0.39, 0.29) is 18.0 Å². The lowest BCUT2D eigenvalue weighted by Gasteiger charge is -2.26. The Morgan fingerprint density at radius 3 is 2.72 bits per heavy atom. The van der Waals surface area contributed by atoms with Crippen molar-refractivity contribution in [2.45, 2.75) is 32.4 Å². The number of thiazole rings is 1. The molecule has 3 heterocycles. The molecule has 1 fully saturated rings. The van der Waals surface area contributed by atoms with Gasteiger partial charge in [0.2, 0.25) is 0 Å². The molecule has 152 valence electrons. The number of carbonyl (C=O) groups excluding carboxylic acids is 1. The van der Waals surface area contributed by atoms with Gasteiger partial charge in [-0.2, -0.15) is 0 Å². The molecular weight excluding hydrogens is 394 g/mol. The van der Waals surface area contributed by atoms with E-state index in [1.807, 2.05) is 36.9 Å². The van der Waals surface area contributed by atoms with Crippen molar-refractivity contribution in [3.63, 3.8) is 0 Å². The standard InChI is InChI=1S/C21H22F2N4OS/c1-12-10-15(13(2)27(12)21-24-7-9-29-21)20(28)25-18-6-8-26(3)19(18)14-4-5-16(22)17(23)11-14/h4-5,7,9-11,18-19H,6,8H2,1-3H3,(H,25,28)/t18-,19-/m0/s1. The van der Waals surface area contributed by atoms with Gasteiger partial charge in [0.25, 0.3) is 5.91 Å². The van der Waals surface area contributed by atoms with Gasteiger partial charge in [-0.25, -0.2) is 13.8 Å². The van der Waals surface area contributed by atoms with Gasteiger partial charge in [0.1, 0.15) is 0 Å². The monoisotopic (exact) mass is 416 g/mol. The Labute approximate surface area is 172 Å². The lowest BCUT2D eigenvalue weighted by molar-refractivity contribution is 0.0927. The quantitative estimate of drug-likeness (QED) is 0.699. The fourth-order valence-corrected chi connectivity index (χ4v) is 4.89. The molecular formula is C21H22F2N4OS. The molecule has 0 saturated carbocycles. The maximum absolute atomic E-state index is 13.8. The van der Waals surface area contributed by atoms with Crippen LogP contribution in [-0.2, 0) is 0 Å². The molecule has 3 aromatic rings. The number of nitrogens with zero attached hydrogens (tertiary/aromatic N) is 3. The maximum atomic E-state index is 13.8. The van der Waals surface area contributed by atoms with E-state index < -0.39 is 11.6 Å². The topological polar surface area (TPSA) is 50.2 Å². The zero-order valence-electron chi connectivity index (χ0n) is 16.4. The van der Waals surface area contributed by atoms with Crippen LogP contribution in [0.4, 0.5) is 8.78 Å². The minimum Gasteiger partial charge on any atom is -0.347 e. The molecule has 4 rings (SSSR count). The second-order valence-electron chi connectivity index (χ2n) is 7.40. The largest absolute Gasteiger partial charge is 0.347 e. The number of amides is 1. The molecule has 29 heavy (non-hydrogen) atoms. The number of rotatable bonds is 4. The molecule has 1 amide bonds. The van der Waals surface area contributed by atoms with Crippen molar-refractivity contribution in [3.05, 3.63) is 70.0 Å². The number of hydrogen-bond donors (Lipinski definition) is 1. The summed E-state index contributed by atoms with van der Waals surface area (Å²) in [6.07, 6.45) is 2.47. The van der Waals surface area contributed by atoms with Crippen LogP contribution < -0.4 is 5.32 Å². The van der Waals surface area contributed by atoms with Crippen molar-refractivity contribution in [3.8, 4) is 5.13 Å². The van der Waals surface area contributed by atoms with Gasteiger partial charge in [-0.15, -0.1) is 11.3 Å². The summed E-state index contributed by atoms with van der Waals surface area (Å²) < 4.78 is 29.1. The Hall–Kier alpha value is -2.58. The van der Waals surface area contributed by atoms with Crippen LogP contribution in [0.1, 0.15) is 39.8 Å². The third kappa shape index (κ3) is 3.58. The van der Waals surface area contributed by atoms with E-state index >= 15 is 0 Å². The Morgan fingerprint density at radius 1 is 1.24 bits per heavy atom. The molecule has 0 bridgehead atoms. The zero-order valence-corrected chi connectivity index (χ0v) is 17.3. The highest BCUT2D eigenvalue weighted by Gasteiger charge is 2.35. The average molecular weight is 416 g/mol. The number of halogens is 2. The third-order valence-electron chi connectivity index (χ3n) is 5.54. The number of likely N-dealkylation sites (N-methyl/N-ethyl adjacent to an activating group) is 1. The summed E-state index contributed by atoms with van der Waals surface area (Å²) in [6.45, 7) is 4.60. The average Bonchev–Trinajstić information content (AvgIpc) is 3.38. The SMILES string of the molecule is Cc1cc(C(=O)N[C@H]2CCN(C)[C@H]2c2ccc(F)c(F)c2)c(C)n1-c1nccs1. The Kier molecular flexibility index (Phi) is 5.23. The minimum absolute atomic E-state index is 0.172. The van der Waals surface area contributed by atoms with Crippen molar-refractivity contribution >= 4 is 17.2 Å². The van der Waals surface area contributed by atoms with Crippen LogP contribution >= 0.6 is 11.3 Å². The Bertz CT molecular complexity index is 1050. The number of hydrogen-bond acceptors (Lipinski definition) is 4. The van der Waals surface area contributed by atoms with E-state index in [9.17, 15) is 13.6 Å². The Balaban J connectivity index is 1.59. The molecule has 0 spiro atoms. The molecule has 1 aliphatic rings. The van der Waals surface area contributed by atoms with E-state index in [0.717, 1.165) is 35.6 Å². The maximum Gasteiger partial charge on any atom is 0.253 e. The molecule has 0 radical (unpaired) electrons. The van der Waals surface area contributed by atoms with Crippen LogP contribution in [0.3, 0.4) is 0 Å². The molecule has 0 unspecified atom stereocenters. The lowest BCUT2D eigenvalue weighted by Crippen LogP contribution is -2.39. The number of nitrogens with one attached hydrogen (secondary N) is 1. The molecule has 1 aliphatic heterocycles. The summed E-state index contributed by atoms with van der Waals surface area (Å²) in [7, 11) is 1.92. The second kappa shape index (κ2) is 7.68. The van der Waals surface area contributed by atoms with Crippen molar-refractivity contribution in [1.29, 1.82) is 0 Å². The number of likely N-dealkylation sites (tertiary alicyclic amines) is 1.